The average Bonchev–Trinajstić information content (AvgIpc) is 2.03. The van der Waals surface area contributed by atoms with Crippen molar-refractivity contribution in [3.05, 3.63) is 12.2 Å². The summed E-state index contributed by atoms with van der Waals surface area (Å²) in [4.78, 5) is 0. The van der Waals surface area contributed by atoms with Gasteiger partial charge in [-0.1, -0.05) is 5.57 Å². The summed E-state index contributed by atoms with van der Waals surface area (Å²) in [7, 11) is 0. The van der Waals surface area contributed by atoms with Gasteiger partial charge >= 0.3 is 0 Å². The number of nitrogens with one attached hydrogen (secondary N) is 1. The smallest absolute Gasteiger partial charge is 0.0633 e. The second-order valence-electron chi connectivity index (χ2n) is 3.51. The summed E-state index contributed by atoms with van der Waals surface area (Å²) in [5.74, 6) is 0. The van der Waals surface area contributed by atoms with E-state index in [0.717, 1.165) is 18.5 Å². The fourth-order valence-corrected chi connectivity index (χ4v) is 0.739. The number of hydrogen-bond acceptors (Lipinski definition) is 3. The topological polar surface area (TPSA) is 52.5 Å². The SMILES string of the molecule is C=C(C)CCNC(C)(CO)CO. The van der Waals surface area contributed by atoms with Crippen LogP contribution >= 0.6 is 0 Å². The summed E-state index contributed by atoms with van der Waals surface area (Å²) >= 11 is 0. The lowest BCUT2D eigenvalue weighted by molar-refractivity contribution is 0.105. The molecule has 0 radical (unpaired) electrons. The molecule has 0 unspecified atom stereocenters. The van der Waals surface area contributed by atoms with Crippen LogP contribution in [0, 0.1) is 0 Å². The summed E-state index contributed by atoms with van der Waals surface area (Å²) in [6.07, 6.45) is 0.871. The Morgan fingerprint density at radius 1 is 1.42 bits per heavy atom. The highest BCUT2D eigenvalue weighted by Crippen LogP contribution is 2.01. The van der Waals surface area contributed by atoms with Gasteiger partial charge in [-0.2, -0.15) is 0 Å². The average molecular weight is 173 g/mol. The first-order valence-corrected chi connectivity index (χ1v) is 4.15. The number of aliphatic hydroxyl groups excluding tert-OH is 2. The maximum absolute atomic E-state index is 8.91. The normalized spacial score (nSPS) is 11.7. The Bertz CT molecular complexity index is 141. The Balaban J connectivity index is 3.65. The Kier molecular flexibility index (Phi) is 5.13. The molecule has 3 heteroatoms. The van der Waals surface area contributed by atoms with E-state index in [9.17, 15) is 0 Å². The molecule has 0 rings (SSSR count). The van der Waals surface area contributed by atoms with Gasteiger partial charge in [0.25, 0.3) is 0 Å². The molecule has 0 aromatic carbocycles. The predicted octanol–water partition coefficient (Wildman–Crippen LogP) is 0.285. The van der Waals surface area contributed by atoms with Gasteiger partial charge in [-0.05, 0) is 26.8 Å². The quantitative estimate of drug-likeness (QED) is 0.506. The molecule has 0 spiro atoms. The van der Waals surface area contributed by atoms with Gasteiger partial charge in [0.2, 0.25) is 0 Å². The highest BCUT2D eigenvalue weighted by Gasteiger charge is 2.20. The molecule has 72 valence electrons. The molecule has 0 aliphatic rings. The molecule has 0 aromatic rings. The van der Waals surface area contributed by atoms with Crippen LogP contribution in [0.15, 0.2) is 12.2 Å². The molecule has 12 heavy (non-hydrogen) atoms. The summed E-state index contributed by atoms with van der Waals surface area (Å²) in [6, 6.07) is 0. The molecule has 0 saturated carbocycles. The summed E-state index contributed by atoms with van der Waals surface area (Å²) < 4.78 is 0. The summed E-state index contributed by atoms with van der Waals surface area (Å²) in [5, 5.41) is 20.9. The molecule has 0 fully saturated rings. The minimum absolute atomic E-state index is 0.0559. The molecule has 0 aliphatic heterocycles. The molecule has 0 atom stereocenters. The maximum Gasteiger partial charge on any atom is 0.0633 e. The molecule has 0 amide bonds. The fraction of sp³-hybridized carbons (Fsp3) is 0.778. The van der Waals surface area contributed by atoms with Crippen molar-refractivity contribution < 1.29 is 10.2 Å². The van der Waals surface area contributed by atoms with Crippen LogP contribution in [0.3, 0.4) is 0 Å². The molecule has 0 saturated heterocycles. The Hall–Kier alpha value is -0.380. The van der Waals surface area contributed by atoms with E-state index < -0.39 is 5.54 Å². The standard InChI is InChI=1S/C9H19NO2/c1-8(2)4-5-10-9(3,6-11)7-12/h10-12H,1,4-7H2,2-3H3. The van der Waals surface area contributed by atoms with Gasteiger partial charge in [0.05, 0.1) is 18.8 Å². The van der Waals surface area contributed by atoms with E-state index in [2.05, 4.69) is 11.9 Å². The van der Waals surface area contributed by atoms with E-state index in [0.29, 0.717) is 0 Å². The van der Waals surface area contributed by atoms with Crippen LogP contribution in [0.4, 0.5) is 0 Å². The third kappa shape index (κ3) is 4.49. The molecule has 3 N–H and O–H groups in total. The minimum atomic E-state index is -0.560. The largest absolute Gasteiger partial charge is 0.394 e. The zero-order valence-corrected chi connectivity index (χ0v) is 7.93. The van der Waals surface area contributed by atoms with Crippen LogP contribution in [-0.2, 0) is 0 Å². The fourth-order valence-electron chi connectivity index (χ4n) is 0.739. The van der Waals surface area contributed by atoms with Crippen molar-refractivity contribution in [1.82, 2.24) is 5.32 Å². The van der Waals surface area contributed by atoms with Gasteiger partial charge in [0.15, 0.2) is 0 Å². The maximum atomic E-state index is 8.91. The Morgan fingerprint density at radius 2 is 1.92 bits per heavy atom. The van der Waals surface area contributed by atoms with Crippen LogP contribution in [0.25, 0.3) is 0 Å². The zero-order chi connectivity index (χ0) is 9.61. The van der Waals surface area contributed by atoms with Gasteiger partial charge < -0.3 is 15.5 Å². The second kappa shape index (κ2) is 5.30. The third-order valence-electron chi connectivity index (χ3n) is 1.80. The second-order valence-corrected chi connectivity index (χ2v) is 3.51. The monoisotopic (exact) mass is 173 g/mol. The number of rotatable bonds is 6. The van der Waals surface area contributed by atoms with E-state index >= 15 is 0 Å². The van der Waals surface area contributed by atoms with Gasteiger partial charge in [0, 0.05) is 0 Å². The van der Waals surface area contributed by atoms with E-state index in [4.69, 9.17) is 10.2 Å². The number of hydrogen-bond donors (Lipinski definition) is 3. The Morgan fingerprint density at radius 3 is 2.25 bits per heavy atom. The van der Waals surface area contributed by atoms with Crippen LogP contribution in [0.1, 0.15) is 20.3 Å². The van der Waals surface area contributed by atoms with Crippen molar-refractivity contribution in [1.29, 1.82) is 0 Å². The first-order valence-electron chi connectivity index (χ1n) is 4.15. The summed E-state index contributed by atoms with van der Waals surface area (Å²) in [5.41, 5.74) is 0.538. The van der Waals surface area contributed by atoms with Crippen LogP contribution in [0.5, 0.6) is 0 Å². The van der Waals surface area contributed by atoms with Crippen molar-refractivity contribution in [2.24, 2.45) is 0 Å². The molecule has 3 nitrogen and oxygen atoms in total. The lowest BCUT2D eigenvalue weighted by Crippen LogP contribution is -2.49. The lowest BCUT2D eigenvalue weighted by atomic mass is 10.1. The van der Waals surface area contributed by atoms with Crippen molar-refractivity contribution in [3.63, 3.8) is 0 Å². The van der Waals surface area contributed by atoms with E-state index in [1.807, 2.05) is 6.92 Å². The van der Waals surface area contributed by atoms with Crippen LogP contribution in [0.2, 0.25) is 0 Å². The van der Waals surface area contributed by atoms with Crippen molar-refractivity contribution in [2.45, 2.75) is 25.8 Å². The highest BCUT2D eigenvalue weighted by atomic mass is 16.3. The van der Waals surface area contributed by atoms with Gasteiger partial charge in [-0.3, -0.25) is 0 Å². The molecule has 0 heterocycles. The Labute approximate surface area is 74.1 Å². The van der Waals surface area contributed by atoms with E-state index in [1.165, 1.54) is 0 Å². The minimum Gasteiger partial charge on any atom is -0.394 e. The van der Waals surface area contributed by atoms with Crippen molar-refractivity contribution in [2.75, 3.05) is 19.8 Å². The molecular weight excluding hydrogens is 154 g/mol. The van der Waals surface area contributed by atoms with Crippen molar-refractivity contribution in [3.8, 4) is 0 Å². The first-order chi connectivity index (χ1) is 5.54. The van der Waals surface area contributed by atoms with E-state index in [-0.39, 0.29) is 13.2 Å². The predicted molar refractivity (Wildman–Crippen MR) is 50.0 cm³/mol. The summed E-state index contributed by atoms with van der Waals surface area (Å²) in [6.45, 7) is 8.13. The first kappa shape index (κ1) is 11.6. The van der Waals surface area contributed by atoms with Crippen LogP contribution < -0.4 is 5.32 Å². The molecule has 0 aromatic heterocycles. The lowest BCUT2D eigenvalue weighted by Gasteiger charge is -2.26. The third-order valence-corrected chi connectivity index (χ3v) is 1.80. The molecular formula is C9H19NO2. The van der Waals surface area contributed by atoms with Gasteiger partial charge in [0.1, 0.15) is 0 Å². The van der Waals surface area contributed by atoms with E-state index in [1.54, 1.807) is 6.92 Å². The molecule has 0 aliphatic carbocycles. The molecule has 0 bridgehead atoms. The van der Waals surface area contributed by atoms with Gasteiger partial charge in [-0.25, -0.2) is 0 Å². The van der Waals surface area contributed by atoms with Crippen LogP contribution in [-0.4, -0.2) is 35.5 Å². The van der Waals surface area contributed by atoms with Gasteiger partial charge in [-0.15, -0.1) is 6.58 Å². The number of aliphatic hydroxyl groups is 2. The van der Waals surface area contributed by atoms with Crippen molar-refractivity contribution >= 4 is 0 Å². The highest BCUT2D eigenvalue weighted by molar-refractivity contribution is 4.90. The zero-order valence-electron chi connectivity index (χ0n) is 7.93.